The van der Waals surface area contributed by atoms with Crippen LogP contribution in [0.3, 0.4) is 0 Å². The van der Waals surface area contributed by atoms with Gasteiger partial charge in [-0.25, -0.2) is 9.97 Å². The fourth-order valence-electron chi connectivity index (χ4n) is 9.43. The second kappa shape index (κ2) is 15.3. The Balaban J connectivity index is 1.17. The van der Waals surface area contributed by atoms with Crippen LogP contribution in [0.15, 0.2) is 224 Å². The standard InChI is InChI=1S/C59H37N5/c60-38-39-29-31-56-50(33-39)51-36-45(63-54-27-15-13-25-46(54)47-26-14-16-28-55(47)63)30-32-57(51)64(56)58-48(40-17-5-1-6-18-40)34-44(35-49(58)41-19-7-2-8-20-41)53-37-52(42-21-9-3-10-22-42)61-59(62-53)43-23-11-4-12-24-43/h1-37H. The van der Waals surface area contributed by atoms with Gasteiger partial charge in [0, 0.05) is 55.0 Å². The van der Waals surface area contributed by atoms with Crippen LogP contribution in [0.2, 0.25) is 0 Å². The van der Waals surface area contributed by atoms with E-state index in [4.69, 9.17) is 9.97 Å². The van der Waals surface area contributed by atoms with Crippen molar-refractivity contribution in [1.82, 2.24) is 19.1 Å². The minimum absolute atomic E-state index is 0.614. The highest BCUT2D eigenvalue weighted by Crippen LogP contribution is 2.45. The molecule has 12 aromatic rings. The van der Waals surface area contributed by atoms with Crippen LogP contribution < -0.4 is 0 Å². The van der Waals surface area contributed by atoms with Crippen molar-refractivity contribution >= 4 is 43.6 Å². The van der Waals surface area contributed by atoms with Crippen molar-refractivity contribution < 1.29 is 0 Å². The zero-order valence-corrected chi connectivity index (χ0v) is 34.6. The normalized spacial score (nSPS) is 11.4. The summed E-state index contributed by atoms with van der Waals surface area (Å²) >= 11 is 0. The van der Waals surface area contributed by atoms with Crippen molar-refractivity contribution in [3.05, 3.63) is 230 Å². The molecule has 0 saturated heterocycles. The molecule has 64 heavy (non-hydrogen) atoms. The Morgan fingerprint density at radius 2 is 0.797 bits per heavy atom. The van der Waals surface area contributed by atoms with E-state index in [1.807, 2.05) is 48.5 Å². The molecule has 5 nitrogen and oxygen atoms in total. The van der Waals surface area contributed by atoms with Gasteiger partial charge in [0.15, 0.2) is 5.82 Å². The number of benzene rings is 9. The molecular formula is C59H37N5. The maximum Gasteiger partial charge on any atom is 0.160 e. The van der Waals surface area contributed by atoms with Crippen LogP contribution in [0.1, 0.15) is 5.56 Å². The average molecular weight is 816 g/mol. The minimum atomic E-state index is 0.614. The van der Waals surface area contributed by atoms with Gasteiger partial charge in [-0.3, -0.25) is 0 Å². The summed E-state index contributed by atoms with van der Waals surface area (Å²) in [4.78, 5) is 10.4. The number of fused-ring (bicyclic) bond motifs is 6. The fraction of sp³-hybridized carbons (Fsp3) is 0. The second-order valence-electron chi connectivity index (χ2n) is 16.1. The smallest absolute Gasteiger partial charge is 0.160 e. The first-order valence-corrected chi connectivity index (χ1v) is 21.5. The summed E-state index contributed by atoms with van der Waals surface area (Å²) in [5.74, 6) is 0.665. The predicted octanol–water partition coefficient (Wildman–Crippen LogP) is 14.9. The van der Waals surface area contributed by atoms with E-state index in [9.17, 15) is 5.26 Å². The van der Waals surface area contributed by atoms with E-state index in [1.165, 1.54) is 10.8 Å². The first-order valence-electron chi connectivity index (χ1n) is 21.5. The molecule has 0 fully saturated rings. The van der Waals surface area contributed by atoms with Crippen LogP contribution in [0.25, 0.3) is 111 Å². The molecule has 3 aromatic heterocycles. The van der Waals surface area contributed by atoms with E-state index in [0.717, 1.165) is 94.5 Å². The summed E-state index contributed by atoms with van der Waals surface area (Å²) in [6.45, 7) is 0. The Morgan fingerprint density at radius 3 is 1.36 bits per heavy atom. The van der Waals surface area contributed by atoms with Gasteiger partial charge in [0.2, 0.25) is 0 Å². The average Bonchev–Trinajstić information content (AvgIpc) is 3.88. The Morgan fingerprint density at radius 1 is 0.344 bits per heavy atom. The number of nitriles is 1. The zero-order chi connectivity index (χ0) is 42.6. The summed E-state index contributed by atoms with van der Waals surface area (Å²) in [7, 11) is 0. The highest BCUT2D eigenvalue weighted by Gasteiger charge is 2.24. The summed E-state index contributed by atoms with van der Waals surface area (Å²) in [6, 6.07) is 81.0. The Labute approximate surface area is 370 Å². The van der Waals surface area contributed by atoms with Crippen LogP contribution in [-0.2, 0) is 0 Å². The fourth-order valence-corrected chi connectivity index (χ4v) is 9.43. The van der Waals surface area contributed by atoms with Crippen molar-refractivity contribution in [2.75, 3.05) is 0 Å². The third-order valence-corrected chi connectivity index (χ3v) is 12.3. The highest BCUT2D eigenvalue weighted by atomic mass is 15.0. The molecule has 298 valence electrons. The van der Waals surface area contributed by atoms with Gasteiger partial charge < -0.3 is 9.13 Å². The van der Waals surface area contributed by atoms with Crippen LogP contribution in [0.4, 0.5) is 0 Å². The van der Waals surface area contributed by atoms with Crippen LogP contribution in [-0.4, -0.2) is 19.1 Å². The van der Waals surface area contributed by atoms with Crippen molar-refractivity contribution in [3.8, 4) is 73.6 Å². The lowest BCUT2D eigenvalue weighted by Gasteiger charge is -2.21. The number of hydrogen-bond donors (Lipinski definition) is 0. The molecule has 0 radical (unpaired) electrons. The largest absolute Gasteiger partial charge is 0.309 e. The van der Waals surface area contributed by atoms with E-state index in [0.29, 0.717) is 11.4 Å². The monoisotopic (exact) mass is 815 g/mol. The minimum Gasteiger partial charge on any atom is -0.309 e. The Bertz CT molecular complexity index is 3600. The highest BCUT2D eigenvalue weighted by molar-refractivity contribution is 6.13. The van der Waals surface area contributed by atoms with Gasteiger partial charge >= 0.3 is 0 Å². The molecule has 9 aromatic carbocycles. The van der Waals surface area contributed by atoms with E-state index in [2.05, 4.69) is 191 Å². The molecule has 0 aliphatic heterocycles. The molecular weight excluding hydrogens is 779 g/mol. The molecule has 0 aliphatic carbocycles. The number of hydrogen-bond acceptors (Lipinski definition) is 3. The van der Waals surface area contributed by atoms with Gasteiger partial charge in [-0.05, 0) is 77.9 Å². The van der Waals surface area contributed by atoms with Crippen molar-refractivity contribution in [2.24, 2.45) is 0 Å². The van der Waals surface area contributed by atoms with Gasteiger partial charge in [-0.2, -0.15) is 5.26 Å². The van der Waals surface area contributed by atoms with Crippen molar-refractivity contribution in [3.63, 3.8) is 0 Å². The molecule has 0 N–H and O–H groups in total. The van der Waals surface area contributed by atoms with E-state index >= 15 is 0 Å². The van der Waals surface area contributed by atoms with E-state index in [1.54, 1.807) is 0 Å². The first-order chi connectivity index (χ1) is 31.7. The molecule has 3 heterocycles. The van der Waals surface area contributed by atoms with Gasteiger partial charge in [0.05, 0.1) is 50.8 Å². The number of nitrogens with zero attached hydrogens (tertiary/aromatic N) is 5. The first kappa shape index (κ1) is 37.0. The number of rotatable bonds is 7. The van der Waals surface area contributed by atoms with Crippen molar-refractivity contribution in [1.29, 1.82) is 5.26 Å². The Hall–Kier alpha value is -8.85. The van der Waals surface area contributed by atoms with Crippen LogP contribution in [0.5, 0.6) is 0 Å². The zero-order valence-electron chi connectivity index (χ0n) is 34.6. The third kappa shape index (κ3) is 6.16. The lowest BCUT2D eigenvalue weighted by atomic mass is 9.91. The predicted molar refractivity (Wildman–Crippen MR) is 263 cm³/mol. The maximum atomic E-state index is 10.3. The molecule has 0 bridgehead atoms. The lowest BCUT2D eigenvalue weighted by molar-refractivity contribution is 1.16. The summed E-state index contributed by atoms with van der Waals surface area (Å²) in [5, 5.41) is 14.8. The summed E-state index contributed by atoms with van der Waals surface area (Å²) < 4.78 is 4.76. The van der Waals surface area contributed by atoms with Gasteiger partial charge in [-0.1, -0.05) is 158 Å². The molecule has 0 saturated carbocycles. The number of aromatic nitrogens is 4. The quantitative estimate of drug-likeness (QED) is 0.161. The molecule has 0 aliphatic rings. The third-order valence-electron chi connectivity index (χ3n) is 12.3. The summed E-state index contributed by atoms with van der Waals surface area (Å²) in [5.41, 5.74) is 15.9. The van der Waals surface area contributed by atoms with Gasteiger partial charge in [-0.15, -0.1) is 0 Å². The van der Waals surface area contributed by atoms with Crippen LogP contribution >= 0.6 is 0 Å². The van der Waals surface area contributed by atoms with Gasteiger partial charge in [0.25, 0.3) is 0 Å². The molecule has 5 heteroatoms. The number of para-hydroxylation sites is 2. The van der Waals surface area contributed by atoms with Crippen molar-refractivity contribution in [2.45, 2.75) is 0 Å². The topological polar surface area (TPSA) is 59.4 Å². The maximum absolute atomic E-state index is 10.3. The molecule has 0 atom stereocenters. The second-order valence-corrected chi connectivity index (χ2v) is 16.1. The van der Waals surface area contributed by atoms with E-state index < -0.39 is 0 Å². The molecule has 0 unspecified atom stereocenters. The molecule has 0 amide bonds. The Kier molecular flexibility index (Phi) is 8.81. The van der Waals surface area contributed by atoms with Gasteiger partial charge in [0.1, 0.15) is 0 Å². The molecule has 12 rings (SSSR count). The lowest BCUT2D eigenvalue weighted by Crippen LogP contribution is -2.03. The van der Waals surface area contributed by atoms with Crippen LogP contribution in [0, 0.1) is 11.3 Å². The van der Waals surface area contributed by atoms with E-state index in [-0.39, 0.29) is 0 Å². The summed E-state index contributed by atoms with van der Waals surface area (Å²) in [6.07, 6.45) is 0. The molecule has 0 spiro atoms. The SMILES string of the molecule is N#Cc1ccc2c(c1)c1cc(-n3c4ccccc4c4ccccc43)ccc1n2-c1c(-c2ccccc2)cc(-c2cc(-c3ccccc3)nc(-c3ccccc3)n2)cc1-c1ccccc1.